The van der Waals surface area contributed by atoms with Crippen molar-refractivity contribution in [2.24, 2.45) is 4.99 Å². The average molecular weight is 161 g/mol. The molecule has 64 valence electrons. The van der Waals surface area contributed by atoms with Gasteiger partial charge in [-0.25, -0.2) is 0 Å². The van der Waals surface area contributed by atoms with E-state index in [1.807, 2.05) is 13.0 Å². The molecule has 0 saturated heterocycles. The van der Waals surface area contributed by atoms with E-state index in [4.69, 9.17) is 0 Å². The third-order valence-electron chi connectivity index (χ3n) is 1.84. The van der Waals surface area contributed by atoms with Crippen LogP contribution in [0.3, 0.4) is 0 Å². The first-order valence-electron chi connectivity index (χ1n) is 4.17. The van der Waals surface area contributed by atoms with E-state index in [1.54, 1.807) is 0 Å². The molecule has 0 bridgehead atoms. The molecule has 12 heavy (non-hydrogen) atoms. The standard InChI is InChI=1S/C11H15N/c1-8(2)5-6-11-7-9(3)12-10(11)4/h5-6H,1,7H2,2-4H3/b6-5-. The second kappa shape index (κ2) is 3.53. The zero-order valence-electron chi connectivity index (χ0n) is 8.02. The largest absolute Gasteiger partial charge is 0.262 e. The second-order valence-electron chi connectivity index (χ2n) is 3.31. The van der Waals surface area contributed by atoms with Crippen molar-refractivity contribution in [2.45, 2.75) is 27.2 Å². The number of allylic oxidation sites excluding steroid dienone is 5. The summed E-state index contributed by atoms with van der Waals surface area (Å²) in [6.45, 7) is 9.92. The Balaban J connectivity index is 2.69. The third kappa shape index (κ3) is 2.19. The van der Waals surface area contributed by atoms with Crippen molar-refractivity contribution in [2.75, 3.05) is 0 Å². The molecular weight excluding hydrogens is 146 g/mol. The molecule has 0 radical (unpaired) electrons. The first-order valence-corrected chi connectivity index (χ1v) is 4.17. The average Bonchev–Trinajstić information content (AvgIpc) is 2.26. The van der Waals surface area contributed by atoms with Gasteiger partial charge in [0.15, 0.2) is 0 Å². The van der Waals surface area contributed by atoms with Crippen molar-refractivity contribution in [3.05, 3.63) is 35.6 Å². The van der Waals surface area contributed by atoms with E-state index in [0.717, 1.165) is 17.7 Å². The molecule has 1 aliphatic heterocycles. The molecule has 1 aliphatic rings. The van der Waals surface area contributed by atoms with Crippen LogP contribution in [0.1, 0.15) is 27.2 Å². The van der Waals surface area contributed by atoms with Crippen molar-refractivity contribution in [1.82, 2.24) is 0 Å². The first kappa shape index (κ1) is 8.98. The number of nitrogens with zero attached hydrogens (tertiary/aromatic N) is 1. The molecule has 1 heterocycles. The molecule has 0 aromatic heterocycles. The summed E-state index contributed by atoms with van der Waals surface area (Å²) in [7, 11) is 0. The minimum Gasteiger partial charge on any atom is -0.262 e. The second-order valence-corrected chi connectivity index (χ2v) is 3.31. The van der Waals surface area contributed by atoms with Gasteiger partial charge in [-0.05, 0) is 26.3 Å². The highest BCUT2D eigenvalue weighted by Crippen LogP contribution is 2.20. The number of hydrogen-bond acceptors (Lipinski definition) is 1. The Labute approximate surface area is 74.2 Å². The number of hydrogen-bond donors (Lipinski definition) is 0. The van der Waals surface area contributed by atoms with Crippen molar-refractivity contribution < 1.29 is 0 Å². The molecule has 0 saturated carbocycles. The van der Waals surface area contributed by atoms with E-state index in [-0.39, 0.29) is 0 Å². The van der Waals surface area contributed by atoms with Crippen LogP contribution in [-0.2, 0) is 0 Å². The Kier molecular flexibility index (Phi) is 2.64. The van der Waals surface area contributed by atoms with Gasteiger partial charge in [0, 0.05) is 17.8 Å². The zero-order chi connectivity index (χ0) is 9.14. The van der Waals surface area contributed by atoms with E-state index in [9.17, 15) is 0 Å². The summed E-state index contributed by atoms with van der Waals surface area (Å²) in [6.07, 6.45) is 5.14. The van der Waals surface area contributed by atoms with E-state index >= 15 is 0 Å². The fourth-order valence-corrected chi connectivity index (χ4v) is 1.22. The summed E-state index contributed by atoms with van der Waals surface area (Å²) < 4.78 is 0. The van der Waals surface area contributed by atoms with Crippen LogP contribution in [0.2, 0.25) is 0 Å². The van der Waals surface area contributed by atoms with Crippen LogP contribution in [0, 0.1) is 0 Å². The van der Waals surface area contributed by atoms with E-state index in [0.29, 0.717) is 0 Å². The summed E-state index contributed by atoms with van der Waals surface area (Å²) in [5.74, 6) is 0. The maximum absolute atomic E-state index is 4.36. The van der Waals surface area contributed by atoms with Crippen LogP contribution in [0.4, 0.5) is 0 Å². The molecule has 0 aliphatic carbocycles. The Morgan fingerprint density at radius 3 is 2.58 bits per heavy atom. The molecule has 1 rings (SSSR count). The van der Waals surface area contributed by atoms with Crippen molar-refractivity contribution in [1.29, 1.82) is 0 Å². The zero-order valence-corrected chi connectivity index (χ0v) is 8.02. The van der Waals surface area contributed by atoms with Crippen LogP contribution < -0.4 is 0 Å². The molecule has 1 heteroatoms. The minimum atomic E-state index is 0.996. The maximum atomic E-state index is 4.36. The molecule has 1 nitrogen and oxygen atoms in total. The lowest BCUT2D eigenvalue weighted by atomic mass is 10.1. The van der Waals surface area contributed by atoms with Gasteiger partial charge in [-0.3, -0.25) is 4.99 Å². The highest BCUT2D eigenvalue weighted by molar-refractivity contribution is 5.88. The van der Waals surface area contributed by atoms with Gasteiger partial charge in [0.25, 0.3) is 0 Å². The molecule has 0 atom stereocenters. The van der Waals surface area contributed by atoms with Gasteiger partial charge in [0.1, 0.15) is 0 Å². The molecule has 0 aromatic carbocycles. The highest BCUT2D eigenvalue weighted by Gasteiger charge is 2.07. The fraction of sp³-hybridized carbons (Fsp3) is 0.364. The predicted octanol–water partition coefficient (Wildman–Crippen LogP) is 3.26. The third-order valence-corrected chi connectivity index (χ3v) is 1.84. The Morgan fingerprint density at radius 1 is 1.50 bits per heavy atom. The lowest BCUT2D eigenvalue weighted by molar-refractivity contribution is 1.27. The highest BCUT2D eigenvalue weighted by atomic mass is 14.8. The Morgan fingerprint density at radius 2 is 2.17 bits per heavy atom. The smallest absolute Gasteiger partial charge is 0.0407 e. The summed E-state index contributed by atoms with van der Waals surface area (Å²) in [5.41, 5.74) is 4.74. The summed E-state index contributed by atoms with van der Waals surface area (Å²) in [6, 6.07) is 0. The van der Waals surface area contributed by atoms with Crippen LogP contribution in [0.25, 0.3) is 0 Å². The van der Waals surface area contributed by atoms with Crippen LogP contribution >= 0.6 is 0 Å². The molecular formula is C11H15N. The summed E-state index contributed by atoms with van der Waals surface area (Å²) in [5, 5.41) is 0. The van der Waals surface area contributed by atoms with Crippen molar-refractivity contribution >= 4 is 5.71 Å². The molecule has 0 unspecified atom stereocenters. The van der Waals surface area contributed by atoms with Crippen LogP contribution in [-0.4, -0.2) is 5.71 Å². The molecule has 0 spiro atoms. The SMILES string of the molecule is C=C(C)/C=C\C1=C(C)N=C(C)C1. The van der Waals surface area contributed by atoms with Gasteiger partial charge in [0.2, 0.25) is 0 Å². The molecule has 0 N–H and O–H groups in total. The van der Waals surface area contributed by atoms with Gasteiger partial charge < -0.3 is 0 Å². The van der Waals surface area contributed by atoms with E-state index in [1.165, 1.54) is 11.3 Å². The fourth-order valence-electron chi connectivity index (χ4n) is 1.22. The topological polar surface area (TPSA) is 12.4 Å². The quantitative estimate of drug-likeness (QED) is 0.551. The number of rotatable bonds is 2. The molecule has 0 fully saturated rings. The molecule has 0 amide bonds. The van der Waals surface area contributed by atoms with Gasteiger partial charge in [-0.15, -0.1) is 0 Å². The monoisotopic (exact) mass is 161 g/mol. The van der Waals surface area contributed by atoms with Crippen LogP contribution in [0.5, 0.6) is 0 Å². The maximum Gasteiger partial charge on any atom is 0.0407 e. The lowest BCUT2D eigenvalue weighted by Crippen LogP contribution is -1.84. The summed E-state index contributed by atoms with van der Waals surface area (Å²) >= 11 is 0. The Hall–Kier alpha value is -1.11. The normalized spacial score (nSPS) is 17.4. The van der Waals surface area contributed by atoms with Gasteiger partial charge >= 0.3 is 0 Å². The van der Waals surface area contributed by atoms with Gasteiger partial charge in [-0.1, -0.05) is 24.3 Å². The van der Waals surface area contributed by atoms with Gasteiger partial charge in [0.05, 0.1) is 0 Å². The molecule has 0 aromatic rings. The first-order chi connectivity index (χ1) is 5.59. The Bertz CT molecular complexity index is 290. The van der Waals surface area contributed by atoms with Crippen molar-refractivity contribution in [3.63, 3.8) is 0 Å². The van der Waals surface area contributed by atoms with E-state index < -0.39 is 0 Å². The predicted molar refractivity (Wildman–Crippen MR) is 54.4 cm³/mol. The van der Waals surface area contributed by atoms with Crippen LogP contribution in [0.15, 0.2) is 40.6 Å². The number of aliphatic imine (C=N–C) groups is 1. The van der Waals surface area contributed by atoms with Crippen molar-refractivity contribution in [3.8, 4) is 0 Å². The lowest BCUT2D eigenvalue weighted by Gasteiger charge is -1.93. The summed E-state index contributed by atoms with van der Waals surface area (Å²) in [4.78, 5) is 4.36. The van der Waals surface area contributed by atoms with E-state index in [2.05, 4.69) is 31.5 Å². The van der Waals surface area contributed by atoms with Gasteiger partial charge in [-0.2, -0.15) is 0 Å². The minimum absolute atomic E-state index is 0.996.